The predicted molar refractivity (Wildman–Crippen MR) is 90.8 cm³/mol. The van der Waals surface area contributed by atoms with Crippen molar-refractivity contribution in [3.8, 4) is 11.5 Å². The first-order valence-electron chi connectivity index (χ1n) is 7.48. The van der Waals surface area contributed by atoms with Crippen LogP contribution in [-0.2, 0) is 4.74 Å². The predicted octanol–water partition coefficient (Wildman–Crippen LogP) is 3.98. The molecular weight excluding hydrogens is 346 g/mol. The molecule has 0 aromatic heterocycles. The van der Waals surface area contributed by atoms with Crippen LogP contribution in [0, 0.1) is 0 Å². The molecular formula is C19H16F2O5. The molecule has 0 amide bonds. The van der Waals surface area contributed by atoms with Gasteiger partial charge in [0.2, 0.25) is 0 Å². The van der Waals surface area contributed by atoms with Crippen LogP contribution < -0.4 is 9.47 Å². The van der Waals surface area contributed by atoms with Crippen molar-refractivity contribution in [1.82, 2.24) is 0 Å². The topological polar surface area (TPSA) is 61.8 Å². The van der Waals surface area contributed by atoms with E-state index in [4.69, 9.17) is 4.74 Å². The van der Waals surface area contributed by atoms with Gasteiger partial charge in [-0.25, -0.2) is 4.79 Å². The summed E-state index contributed by atoms with van der Waals surface area (Å²) in [5.74, 6) is -0.910. The van der Waals surface area contributed by atoms with E-state index in [0.717, 1.165) is 0 Å². The first-order valence-corrected chi connectivity index (χ1v) is 7.48. The molecule has 0 saturated carbocycles. The normalized spacial score (nSPS) is 10.8. The van der Waals surface area contributed by atoms with E-state index in [9.17, 15) is 18.4 Å². The summed E-state index contributed by atoms with van der Waals surface area (Å²) >= 11 is 0. The number of allylic oxidation sites excluding steroid dienone is 1. The van der Waals surface area contributed by atoms with Crippen molar-refractivity contribution < 1.29 is 32.6 Å². The van der Waals surface area contributed by atoms with Crippen molar-refractivity contribution in [2.75, 3.05) is 14.2 Å². The number of alkyl halides is 2. The number of methoxy groups -OCH3 is 2. The standard InChI is InChI=1S/C19H16F2O5/c1-24-17-11-14(8-10-16(17)26-19(20)21)15(22)9-5-12-3-6-13(7-4-12)18(23)25-2/h3-11,19H,1-2H3/b9-5+. The van der Waals surface area contributed by atoms with E-state index >= 15 is 0 Å². The fourth-order valence-electron chi connectivity index (χ4n) is 2.13. The molecule has 0 bridgehead atoms. The molecule has 0 aliphatic heterocycles. The van der Waals surface area contributed by atoms with Crippen LogP contribution in [-0.4, -0.2) is 32.6 Å². The highest BCUT2D eigenvalue weighted by molar-refractivity contribution is 6.07. The van der Waals surface area contributed by atoms with Gasteiger partial charge in [-0.2, -0.15) is 8.78 Å². The summed E-state index contributed by atoms with van der Waals surface area (Å²) in [7, 11) is 2.58. The summed E-state index contributed by atoms with van der Waals surface area (Å²) in [6.45, 7) is -2.99. The van der Waals surface area contributed by atoms with E-state index in [1.165, 1.54) is 38.5 Å². The molecule has 2 aromatic rings. The number of carbonyl (C=O) groups is 2. The van der Waals surface area contributed by atoms with Crippen LogP contribution in [0.15, 0.2) is 48.5 Å². The van der Waals surface area contributed by atoms with Crippen LogP contribution in [0.2, 0.25) is 0 Å². The Balaban J connectivity index is 2.13. The molecule has 0 spiro atoms. The lowest BCUT2D eigenvalue weighted by Gasteiger charge is -2.10. The van der Waals surface area contributed by atoms with Crippen LogP contribution in [0.3, 0.4) is 0 Å². The van der Waals surface area contributed by atoms with Gasteiger partial charge in [-0.15, -0.1) is 0 Å². The lowest BCUT2D eigenvalue weighted by molar-refractivity contribution is -0.0512. The zero-order valence-electron chi connectivity index (χ0n) is 14.1. The summed E-state index contributed by atoms with van der Waals surface area (Å²) in [6.07, 6.45) is 2.90. The molecule has 0 unspecified atom stereocenters. The zero-order valence-corrected chi connectivity index (χ0v) is 14.1. The Labute approximate surface area is 148 Å². The van der Waals surface area contributed by atoms with Crippen LogP contribution in [0.25, 0.3) is 6.08 Å². The van der Waals surface area contributed by atoms with Crippen LogP contribution in [0.5, 0.6) is 11.5 Å². The molecule has 2 rings (SSSR count). The Morgan fingerprint density at radius 1 is 0.962 bits per heavy atom. The van der Waals surface area contributed by atoms with Gasteiger partial charge in [-0.1, -0.05) is 18.2 Å². The summed E-state index contributed by atoms with van der Waals surface area (Å²) in [4.78, 5) is 23.6. The van der Waals surface area contributed by atoms with E-state index in [1.54, 1.807) is 30.3 Å². The number of halogens is 2. The van der Waals surface area contributed by atoms with Crippen LogP contribution in [0.1, 0.15) is 26.3 Å². The van der Waals surface area contributed by atoms with Crippen LogP contribution in [0.4, 0.5) is 8.78 Å². The number of hydrogen-bond donors (Lipinski definition) is 0. The van der Waals surface area contributed by atoms with E-state index < -0.39 is 12.6 Å². The molecule has 26 heavy (non-hydrogen) atoms. The minimum absolute atomic E-state index is 0.0342. The second-order valence-electron chi connectivity index (χ2n) is 5.06. The quantitative estimate of drug-likeness (QED) is 0.424. The van der Waals surface area contributed by atoms with Crippen molar-refractivity contribution >= 4 is 17.8 Å². The van der Waals surface area contributed by atoms with Gasteiger partial charge in [0.25, 0.3) is 0 Å². The van der Waals surface area contributed by atoms with Gasteiger partial charge in [0.05, 0.1) is 19.8 Å². The molecule has 5 nitrogen and oxygen atoms in total. The average molecular weight is 362 g/mol. The van der Waals surface area contributed by atoms with Crippen molar-refractivity contribution in [2.45, 2.75) is 6.61 Å². The van der Waals surface area contributed by atoms with E-state index in [2.05, 4.69) is 9.47 Å². The Hall–Kier alpha value is -3.22. The van der Waals surface area contributed by atoms with Crippen molar-refractivity contribution in [3.05, 3.63) is 65.2 Å². The molecule has 0 fully saturated rings. The molecule has 7 heteroatoms. The third kappa shape index (κ3) is 4.89. The summed E-state index contributed by atoms with van der Waals surface area (Å²) in [5, 5.41) is 0. The Kier molecular flexibility index (Phi) is 6.43. The highest BCUT2D eigenvalue weighted by atomic mass is 19.3. The summed E-state index contributed by atoms with van der Waals surface area (Å²) in [5.41, 5.74) is 1.36. The van der Waals surface area contributed by atoms with Crippen LogP contribution >= 0.6 is 0 Å². The summed E-state index contributed by atoms with van der Waals surface area (Å²) < 4.78 is 38.5. The van der Waals surface area contributed by atoms with Gasteiger partial charge in [0.15, 0.2) is 17.3 Å². The fourth-order valence-corrected chi connectivity index (χ4v) is 2.13. The van der Waals surface area contributed by atoms with Gasteiger partial charge in [-0.3, -0.25) is 4.79 Å². The van der Waals surface area contributed by atoms with E-state index in [-0.39, 0.29) is 22.8 Å². The maximum absolute atomic E-state index is 12.3. The monoisotopic (exact) mass is 362 g/mol. The van der Waals surface area contributed by atoms with Gasteiger partial charge in [-0.05, 0) is 42.0 Å². The number of ether oxygens (including phenoxy) is 3. The Bertz CT molecular complexity index is 813. The Morgan fingerprint density at radius 3 is 2.19 bits per heavy atom. The first-order chi connectivity index (χ1) is 12.4. The lowest BCUT2D eigenvalue weighted by Crippen LogP contribution is -2.04. The fraction of sp³-hybridized carbons (Fsp3) is 0.158. The molecule has 2 aromatic carbocycles. The van der Waals surface area contributed by atoms with Gasteiger partial charge >= 0.3 is 12.6 Å². The number of ketones is 1. The highest BCUT2D eigenvalue weighted by Crippen LogP contribution is 2.29. The largest absolute Gasteiger partial charge is 0.493 e. The molecule has 0 radical (unpaired) electrons. The molecule has 0 aliphatic rings. The highest BCUT2D eigenvalue weighted by Gasteiger charge is 2.13. The maximum Gasteiger partial charge on any atom is 0.387 e. The van der Waals surface area contributed by atoms with Gasteiger partial charge in [0, 0.05) is 5.56 Å². The van der Waals surface area contributed by atoms with Crippen molar-refractivity contribution in [2.24, 2.45) is 0 Å². The first kappa shape index (κ1) is 19.1. The molecule has 0 saturated heterocycles. The lowest BCUT2D eigenvalue weighted by atomic mass is 10.1. The van der Waals surface area contributed by atoms with E-state index in [1.807, 2.05) is 0 Å². The number of hydrogen-bond acceptors (Lipinski definition) is 5. The number of benzene rings is 2. The van der Waals surface area contributed by atoms with E-state index in [0.29, 0.717) is 11.1 Å². The van der Waals surface area contributed by atoms with Gasteiger partial charge < -0.3 is 14.2 Å². The number of esters is 1. The molecule has 0 heterocycles. The second-order valence-corrected chi connectivity index (χ2v) is 5.06. The third-order valence-corrected chi connectivity index (χ3v) is 3.42. The smallest absolute Gasteiger partial charge is 0.387 e. The molecule has 0 N–H and O–H groups in total. The van der Waals surface area contributed by atoms with Crippen molar-refractivity contribution in [1.29, 1.82) is 0 Å². The van der Waals surface area contributed by atoms with Crippen molar-refractivity contribution in [3.63, 3.8) is 0 Å². The minimum Gasteiger partial charge on any atom is -0.493 e. The second kappa shape index (κ2) is 8.75. The average Bonchev–Trinajstić information content (AvgIpc) is 2.65. The minimum atomic E-state index is -2.99. The molecule has 136 valence electrons. The number of rotatable bonds is 7. The molecule has 0 atom stereocenters. The third-order valence-electron chi connectivity index (χ3n) is 3.42. The Morgan fingerprint density at radius 2 is 1.62 bits per heavy atom. The number of carbonyl (C=O) groups excluding carboxylic acids is 2. The maximum atomic E-state index is 12.3. The SMILES string of the molecule is COC(=O)c1ccc(/C=C/C(=O)c2ccc(OC(F)F)c(OC)c2)cc1. The van der Waals surface area contributed by atoms with Gasteiger partial charge in [0.1, 0.15) is 0 Å². The molecule has 0 aliphatic carbocycles. The summed E-state index contributed by atoms with van der Waals surface area (Å²) in [6, 6.07) is 10.4. The zero-order chi connectivity index (χ0) is 19.1.